The molecule has 0 bridgehead atoms. The van der Waals surface area contributed by atoms with Crippen molar-refractivity contribution in [3.63, 3.8) is 0 Å². The molecule has 0 radical (unpaired) electrons. The van der Waals surface area contributed by atoms with Gasteiger partial charge in [0.25, 0.3) is 0 Å². The molecule has 0 amide bonds. The van der Waals surface area contributed by atoms with Crippen LogP contribution in [0.15, 0.2) is 48.8 Å². The van der Waals surface area contributed by atoms with E-state index in [1.807, 2.05) is 24.5 Å². The number of hydrogen-bond acceptors (Lipinski definition) is 5. The monoisotopic (exact) mass is 469 g/mol. The van der Waals surface area contributed by atoms with E-state index >= 15 is 0 Å². The molecule has 7 heteroatoms. The Morgan fingerprint density at radius 1 is 1.08 bits per heavy atom. The minimum atomic E-state index is -0.361. The van der Waals surface area contributed by atoms with Crippen molar-refractivity contribution >= 4 is 17.3 Å². The number of hydrogen-bond donors (Lipinski definition) is 1. The zero-order valence-electron chi connectivity index (χ0n) is 20.9. The summed E-state index contributed by atoms with van der Waals surface area (Å²) >= 11 is 0. The van der Waals surface area contributed by atoms with Gasteiger partial charge in [-0.25, -0.2) is 9.97 Å². The Kier molecular flexibility index (Phi) is 6.32. The van der Waals surface area contributed by atoms with Crippen LogP contribution in [0.3, 0.4) is 0 Å². The molecule has 2 saturated carbocycles. The van der Waals surface area contributed by atoms with Gasteiger partial charge >= 0.3 is 18.9 Å². The Bertz CT molecular complexity index is 1440. The summed E-state index contributed by atoms with van der Waals surface area (Å²) in [4.78, 5) is 26.0. The molecule has 1 aliphatic heterocycles. The van der Waals surface area contributed by atoms with Gasteiger partial charge in [0.15, 0.2) is 0 Å². The third-order valence-corrected chi connectivity index (χ3v) is 7.83. The summed E-state index contributed by atoms with van der Waals surface area (Å²) in [6.07, 6.45) is 14.4. The second kappa shape index (κ2) is 9.19. The third-order valence-electron chi connectivity index (χ3n) is 7.83. The van der Waals surface area contributed by atoms with Crippen LogP contribution in [0, 0.1) is 13.8 Å². The maximum Gasteiger partial charge on any atom is 1.00 e. The van der Waals surface area contributed by atoms with Gasteiger partial charge in [-0.15, -0.1) is 23.6 Å². The summed E-state index contributed by atoms with van der Waals surface area (Å²) in [7, 11) is 0. The van der Waals surface area contributed by atoms with Gasteiger partial charge in [0, 0.05) is 18.0 Å². The zero-order valence-corrected chi connectivity index (χ0v) is 20.9. The van der Waals surface area contributed by atoms with E-state index in [-0.39, 0.29) is 37.9 Å². The van der Waals surface area contributed by atoms with E-state index in [2.05, 4.69) is 51.5 Å². The average Bonchev–Trinajstić information content (AvgIpc) is 3.53. The predicted molar refractivity (Wildman–Crippen MR) is 136 cm³/mol. The van der Waals surface area contributed by atoms with Crippen molar-refractivity contribution in [3.05, 3.63) is 91.0 Å². The minimum absolute atomic E-state index is 0. The predicted octanol–water partition coefficient (Wildman–Crippen LogP) is 2.17. The topological polar surface area (TPSA) is 86.7 Å². The number of imidazole rings is 1. The number of nitrogens with zero attached hydrogens (tertiary/aromatic N) is 4. The smallest absolute Gasteiger partial charge is 0.376 e. The van der Waals surface area contributed by atoms with E-state index in [1.54, 1.807) is 0 Å². The second-order valence-electron chi connectivity index (χ2n) is 9.99. The first-order valence-corrected chi connectivity index (χ1v) is 12.1. The van der Waals surface area contributed by atoms with Gasteiger partial charge in [-0.2, -0.15) is 6.07 Å². The Morgan fingerprint density at radius 3 is 2.53 bits per heavy atom. The van der Waals surface area contributed by atoms with Crippen LogP contribution in [0.4, 0.5) is 0 Å². The van der Waals surface area contributed by atoms with E-state index in [9.17, 15) is 4.79 Å². The Hall–Kier alpha value is -2.91. The maximum absolute atomic E-state index is 11.9. The van der Waals surface area contributed by atoms with Crippen molar-refractivity contribution < 1.29 is 23.7 Å². The van der Waals surface area contributed by atoms with Crippen LogP contribution >= 0.6 is 0 Å². The molecule has 2 aromatic carbocycles. The summed E-state index contributed by atoms with van der Waals surface area (Å²) in [5, 5.41) is 0. The first kappa shape index (κ1) is 24.8. The Balaban J connectivity index is 0.00000133. The van der Waals surface area contributed by atoms with E-state index < -0.39 is 0 Å². The molecule has 6 nitrogen and oxygen atoms in total. The van der Waals surface area contributed by atoms with E-state index in [4.69, 9.17) is 10.7 Å². The van der Waals surface area contributed by atoms with Gasteiger partial charge in [-0.3, -0.25) is 4.98 Å². The van der Waals surface area contributed by atoms with Crippen LogP contribution in [-0.2, 0) is 10.3 Å². The molecule has 0 unspecified atom stereocenters. The largest absolute Gasteiger partial charge is 1.00 e. The quantitative estimate of drug-likeness (QED) is 0.358. The molecule has 7 rings (SSSR count). The Labute approximate surface area is 223 Å². The standard InChI is InChI=1S/C28H25N5O.CH3.Li/c29-28(11-2-12-28)27-30-14-20(15-31-27)18-7-8-22-24(13-18)33-23(9-10-25(33)32-22)26-19(16-34)3-1-4-21(26)17-5-6-17;;/h1,3-4,7-8,10,13-15,17,23H,2,5-6,9,11-12,29H2;1H3;/q-2;-1;+1/t23-;;/m1../s1. The van der Waals surface area contributed by atoms with Gasteiger partial charge < -0.3 is 28.9 Å². The van der Waals surface area contributed by atoms with Gasteiger partial charge in [0.1, 0.15) is 5.82 Å². The number of rotatable bonds is 5. The first-order chi connectivity index (χ1) is 16.6. The normalized spacial score (nSPS) is 19.4. The van der Waals surface area contributed by atoms with Crippen molar-refractivity contribution in [1.29, 1.82) is 0 Å². The minimum Gasteiger partial charge on any atom is -0.376 e. The van der Waals surface area contributed by atoms with Crippen molar-refractivity contribution in [3.8, 4) is 11.1 Å². The molecular weight excluding hydrogens is 441 g/mol. The molecule has 1 atom stereocenters. The molecule has 3 aliphatic rings. The van der Waals surface area contributed by atoms with Crippen molar-refractivity contribution in [1.82, 2.24) is 19.5 Å². The molecule has 2 fully saturated rings. The van der Waals surface area contributed by atoms with Gasteiger partial charge in [-0.05, 0) is 67.6 Å². The zero-order chi connectivity index (χ0) is 22.9. The summed E-state index contributed by atoms with van der Waals surface area (Å²) in [5.41, 5.74) is 13.1. The number of nitrogens with two attached hydrogens (primary N) is 1. The summed E-state index contributed by atoms with van der Waals surface area (Å²) in [6.45, 7) is 0. The molecule has 2 aliphatic carbocycles. The maximum atomic E-state index is 11.9. The molecule has 2 aromatic heterocycles. The second-order valence-corrected chi connectivity index (χ2v) is 9.99. The van der Waals surface area contributed by atoms with Crippen LogP contribution in [0.25, 0.3) is 22.2 Å². The SMILES string of the molecule is NC1(c2ncc(-c3ccc4nc5n(c4c3)[C@@H](c3c([C-]=O)cccc3C3CC3)C[CH-]5)cn2)CCC1.[CH3-].[Li+]. The fourth-order valence-corrected chi connectivity index (χ4v) is 5.64. The van der Waals surface area contributed by atoms with Crippen molar-refractivity contribution in [2.45, 2.75) is 56.0 Å². The number of aromatic nitrogens is 4. The number of carbonyl (C=O) groups excluding carboxylic acids is 1. The van der Waals surface area contributed by atoms with Crippen LogP contribution in [-0.4, -0.2) is 25.8 Å². The summed E-state index contributed by atoms with van der Waals surface area (Å²) in [6, 6.07) is 12.4. The van der Waals surface area contributed by atoms with Gasteiger partial charge in [0.05, 0.1) is 22.9 Å². The van der Waals surface area contributed by atoms with Crippen molar-refractivity contribution in [2.75, 3.05) is 0 Å². The molecule has 2 N–H and O–H groups in total. The molecular formula is C29H28LiN5O-2. The number of benzene rings is 2. The van der Waals surface area contributed by atoms with Crippen LogP contribution < -0.4 is 24.6 Å². The molecule has 178 valence electrons. The molecule has 0 saturated heterocycles. The summed E-state index contributed by atoms with van der Waals surface area (Å²) in [5.74, 6) is 2.24. The summed E-state index contributed by atoms with van der Waals surface area (Å²) < 4.78 is 2.29. The average molecular weight is 470 g/mol. The number of fused-ring (bicyclic) bond motifs is 3. The van der Waals surface area contributed by atoms with E-state index in [1.165, 1.54) is 18.4 Å². The van der Waals surface area contributed by atoms with Gasteiger partial charge in [0.2, 0.25) is 0 Å². The molecule has 36 heavy (non-hydrogen) atoms. The van der Waals surface area contributed by atoms with E-state index in [0.29, 0.717) is 11.5 Å². The van der Waals surface area contributed by atoms with Gasteiger partial charge in [-0.1, -0.05) is 17.7 Å². The third kappa shape index (κ3) is 3.80. The molecule has 0 spiro atoms. The molecule has 3 heterocycles. The van der Waals surface area contributed by atoms with Crippen LogP contribution in [0.2, 0.25) is 0 Å². The fraction of sp³-hybridized carbons (Fsp3) is 0.310. The fourth-order valence-electron chi connectivity index (χ4n) is 5.64. The van der Waals surface area contributed by atoms with Crippen LogP contribution in [0.1, 0.15) is 78.8 Å². The first-order valence-electron chi connectivity index (χ1n) is 12.1. The van der Waals surface area contributed by atoms with Crippen LogP contribution in [0.5, 0.6) is 0 Å². The Morgan fingerprint density at radius 2 is 1.86 bits per heavy atom. The van der Waals surface area contributed by atoms with E-state index in [0.717, 1.165) is 65.1 Å². The molecule has 4 aromatic rings. The van der Waals surface area contributed by atoms with Crippen molar-refractivity contribution in [2.24, 2.45) is 5.73 Å².